The zero-order valence-corrected chi connectivity index (χ0v) is 13.9. The van der Waals surface area contributed by atoms with E-state index in [-0.39, 0.29) is 5.91 Å². The summed E-state index contributed by atoms with van der Waals surface area (Å²) >= 11 is 3.20. The summed E-state index contributed by atoms with van der Waals surface area (Å²) in [5.41, 5.74) is 4.23. The van der Waals surface area contributed by atoms with Crippen molar-refractivity contribution in [2.24, 2.45) is 5.41 Å². The Kier molecular flexibility index (Phi) is 5.54. The molecule has 0 aliphatic carbocycles. The number of nitrogens with one attached hydrogen (secondary N) is 4. The van der Waals surface area contributed by atoms with Crippen molar-refractivity contribution < 1.29 is 14.4 Å². The van der Waals surface area contributed by atoms with E-state index in [1.165, 1.54) is 6.92 Å². The van der Waals surface area contributed by atoms with Gasteiger partial charge in [0.25, 0.3) is 11.8 Å². The van der Waals surface area contributed by atoms with Gasteiger partial charge in [0.2, 0.25) is 5.91 Å². The SMILES string of the molecule is CC(NC(=O)C(C)(C)C)C(=O)NNC(=O)c1cc(Br)c[nH]1. The highest BCUT2D eigenvalue weighted by molar-refractivity contribution is 9.10. The third kappa shape index (κ3) is 5.22. The lowest BCUT2D eigenvalue weighted by Crippen LogP contribution is -2.52. The van der Waals surface area contributed by atoms with Crippen LogP contribution in [0.1, 0.15) is 38.2 Å². The van der Waals surface area contributed by atoms with Gasteiger partial charge in [0.05, 0.1) is 0 Å². The number of carbonyl (C=O) groups is 3. The van der Waals surface area contributed by atoms with Crippen LogP contribution in [-0.2, 0) is 9.59 Å². The van der Waals surface area contributed by atoms with Crippen molar-refractivity contribution in [1.29, 1.82) is 0 Å². The largest absolute Gasteiger partial charge is 0.356 e. The number of hydrazine groups is 1. The molecule has 0 radical (unpaired) electrons. The normalized spacial score (nSPS) is 12.4. The summed E-state index contributed by atoms with van der Waals surface area (Å²) in [5, 5.41) is 2.57. The second-order valence-electron chi connectivity index (χ2n) is 5.62. The molecule has 1 atom stereocenters. The molecule has 0 fully saturated rings. The number of halogens is 1. The zero-order chi connectivity index (χ0) is 16.2. The fraction of sp³-hybridized carbons (Fsp3) is 0.462. The summed E-state index contributed by atoms with van der Waals surface area (Å²) in [7, 11) is 0. The maximum atomic E-state index is 11.8. The van der Waals surface area contributed by atoms with E-state index in [0.717, 1.165) is 4.47 Å². The highest BCUT2D eigenvalue weighted by Crippen LogP contribution is 2.12. The molecule has 1 rings (SSSR count). The van der Waals surface area contributed by atoms with Crippen LogP contribution < -0.4 is 16.2 Å². The van der Waals surface area contributed by atoms with E-state index in [1.807, 2.05) is 0 Å². The standard InChI is InChI=1S/C13H19BrN4O3/c1-7(16-12(21)13(2,3)4)10(19)17-18-11(20)9-5-8(14)6-15-9/h5-7,15H,1-4H3,(H,16,21)(H,17,19)(H,18,20). The third-order valence-corrected chi connectivity index (χ3v) is 3.07. The van der Waals surface area contributed by atoms with Crippen LogP contribution in [0.4, 0.5) is 0 Å². The van der Waals surface area contributed by atoms with Gasteiger partial charge in [0, 0.05) is 16.1 Å². The van der Waals surface area contributed by atoms with E-state index in [1.54, 1.807) is 33.0 Å². The van der Waals surface area contributed by atoms with Gasteiger partial charge in [-0.3, -0.25) is 25.2 Å². The topological polar surface area (TPSA) is 103 Å². The molecule has 0 aromatic carbocycles. The van der Waals surface area contributed by atoms with Gasteiger partial charge in [0.15, 0.2) is 0 Å². The van der Waals surface area contributed by atoms with Gasteiger partial charge in [-0.15, -0.1) is 0 Å². The molecule has 0 aliphatic rings. The lowest BCUT2D eigenvalue weighted by atomic mass is 9.95. The Morgan fingerprint density at radius 1 is 1.24 bits per heavy atom. The third-order valence-electron chi connectivity index (χ3n) is 2.61. The monoisotopic (exact) mass is 358 g/mol. The Bertz CT molecular complexity index is 548. The first-order valence-corrected chi connectivity index (χ1v) is 7.15. The first kappa shape index (κ1) is 17.2. The minimum Gasteiger partial charge on any atom is -0.356 e. The van der Waals surface area contributed by atoms with Gasteiger partial charge >= 0.3 is 0 Å². The van der Waals surface area contributed by atoms with Crippen molar-refractivity contribution in [2.75, 3.05) is 0 Å². The number of rotatable bonds is 3. The molecule has 0 saturated heterocycles. The summed E-state index contributed by atoms with van der Waals surface area (Å²) < 4.78 is 0.727. The molecule has 1 heterocycles. The van der Waals surface area contributed by atoms with Crippen LogP contribution in [0.5, 0.6) is 0 Å². The molecule has 4 N–H and O–H groups in total. The van der Waals surface area contributed by atoms with E-state index in [2.05, 4.69) is 37.1 Å². The Balaban J connectivity index is 2.46. The number of hydrogen-bond acceptors (Lipinski definition) is 3. The second-order valence-corrected chi connectivity index (χ2v) is 6.54. The Morgan fingerprint density at radius 3 is 2.33 bits per heavy atom. The van der Waals surface area contributed by atoms with Crippen LogP contribution in [0.25, 0.3) is 0 Å². The fourth-order valence-corrected chi connectivity index (χ4v) is 1.62. The average molecular weight is 359 g/mol. The van der Waals surface area contributed by atoms with Gasteiger partial charge in [0.1, 0.15) is 11.7 Å². The molecule has 1 unspecified atom stereocenters. The summed E-state index contributed by atoms with van der Waals surface area (Å²) in [6, 6.07) is 0.819. The summed E-state index contributed by atoms with van der Waals surface area (Å²) in [5.74, 6) is -1.24. The van der Waals surface area contributed by atoms with Crippen LogP contribution >= 0.6 is 15.9 Å². The molecule has 0 bridgehead atoms. The van der Waals surface area contributed by atoms with Crippen LogP contribution in [0.15, 0.2) is 16.7 Å². The van der Waals surface area contributed by atoms with Crippen molar-refractivity contribution in [3.8, 4) is 0 Å². The van der Waals surface area contributed by atoms with Gasteiger partial charge < -0.3 is 10.3 Å². The number of H-pyrrole nitrogens is 1. The highest BCUT2D eigenvalue weighted by atomic mass is 79.9. The molecule has 0 aliphatic heterocycles. The second kappa shape index (κ2) is 6.75. The molecule has 7 nitrogen and oxygen atoms in total. The Labute approximate surface area is 131 Å². The molecule has 116 valence electrons. The van der Waals surface area contributed by atoms with Crippen molar-refractivity contribution >= 4 is 33.7 Å². The molecule has 0 saturated carbocycles. The van der Waals surface area contributed by atoms with Crippen LogP contribution in [0, 0.1) is 5.41 Å². The minimum absolute atomic E-state index is 0.246. The molecule has 1 aromatic heterocycles. The van der Waals surface area contributed by atoms with E-state index < -0.39 is 23.3 Å². The van der Waals surface area contributed by atoms with Gasteiger partial charge in [-0.2, -0.15) is 0 Å². The van der Waals surface area contributed by atoms with Crippen LogP contribution in [0.2, 0.25) is 0 Å². The van der Waals surface area contributed by atoms with E-state index in [0.29, 0.717) is 5.69 Å². The van der Waals surface area contributed by atoms with Crippen molar-refractivity contribution in [2.45, 2.75) is 33.7 Å². The number of amides is 3. The maximum absolute atomic E-state index is 11.8. The van der Waals surface area contributed by atoms with Crippen molar-refractivity contribution in [3.63, 3.8) is 0 Å². The van der Waals surface area contributed by atoms with E-state index >= 15 is 0 Å². The number of aromatic nitrogens is 1. The van der Waals surface area contributed by atoms with Gasteiger partial charge in [-0.25, -0.2) is 0 Å². The van der Waals surface area contributed by atoms with Gasteiger partial charge in [-0.1, -0.05) is 20.8 Å². The molecule has 3 amide bonds. The molecular formula is C13H19BrN4O3. The van der Waals surface area contributed by atoms with Crippen LogP contribution in [-0.4, -0.2) is 28.7 Å². The number of hydrogen-bond donors (Lipinski definition) is 4. The van der Waals surface area contributed by atoms with Crippen molar-refractivity contribution in [1.82, 2.24) is 21.2 Å². The number of carbonyl (C=O) groups excluding carboxylic acids is 3. The maximum Gasteiger partial charge on any atom is 0.286 e. The quantitative estimate of drug-likeness (QED) is 0.608. The molecule has 1 aromatic rings. The lowest BCUT2D eigenvalue weighted by Gasteiger charge is -2.21. The molecule has 8 heteroatoms. The summed E-state index contributed by atoms with van der Waals surface area (Å²) in [4.78, 5) is 38.0. The highest BCUT2D eigenvalue weighted by Gasteiger charge is 2.25. The number of aromatic amines is 1. The molecule has 0 spiro atoms. The fourth-order valence-electron chi connectivity index (χ4n) is 1.27. The first-order chi connectivity index (χ1) is 9.61. The summed E-state index contributed by atoms with van der Waals surface area (Å²) in [6.07, 6.45) is 1.60. The lowest BCUT2D eigenvalue weighted by molar-refractivity contribution is -0.133. The predicted molar refractivity (Wildman–Crippen MR) is 81.2 cm³/mol. The van der Waals surface area contributed by atoms with E-state index in [9.17, 15) is 14.4 Å². The smallest absolute Gasteiger partial charge is 0.286 e. The molecular weight excluding hydrogens is 340 g/mol. The van der Waals surface area contributed by atoms with Gasteiger partial charge in [-0.05, 0) is 28.9 Å². The van der Waals surface area contributed by atoms with Crippen LogP contribution in [0.3, 0.4) is 0 Å². The minimum atomic E-state index is -0.757. The van der Waals surface area contributed by atoms with E-state index in [4.69, 9.17) is 0 Å². The molecule has 21 heavy (non-hydrogen) atoms. The zero-order valence-electron chi connectivity index (χ0n) is 12.3. The first-order valence-electron chi connectivity index (χ1n) is 6.36. The van der Waals surface area contributed by atoms with Crippen molar-refractivity contribution in [3.05, 3.63) is 22.4 Å². The predicted octanol–water partition coefficient (Wildman–Crippen LogP) is 1.09. The average Bonchev–Trinajstić information content (AvgIpc) is 2.80. The Hall–Kier alpha value is -1.83. The Morgan fingerprint density at radius 2 is 1.86 bits per heavy atom. The summed E-state index contributed by atoms with van der Waals surface area (Å²) in [6.45, 7) is 6.78.